The van der Waals surface area contributed by atoms with Crippen molar-refractivity contribution < 1.29 is 22.7 Å². The van der Waals surface area contributed by atoms with Crippen LogP contribution in [-0.4, -0.2) is 47.3 Å². The van der Waals surface area contributed by atoms with Gasteiger partial charge in [-0.3, -0.25) is 14.1 Å². The van der Waals surface area contributed by atoms with Crippen molar-refractivity contribution in [1.82, 2.24) is 5.32 Å². The molecule has 164 valence electrons. The fourth-order valence-electron chi connectivity index (χ4n) is 3.15. The van der Waals surface area contributed by atoms with Crippen LogP contribution in [0.1, 0.15) is 13.3 Å². The Balaban J connectivity index is 2.02. The van der Waals surface area contributed by atoms with Crippen molar-refractivity contribution in [3.05, 3.63) is 60.3 Å². The van der Waals surface area contributed by atoms with E-state index < -0.39 is 22.5 Å². The average molecular weight is 444 g/mol. The van der Waals surface area contributed by atoms with Crippen LogP contribution in [0.3, 0.4) is 0 Å². The maximum atomic E-state index is 13.5. The molecule has 8 nitrogen and oxygen atoms in total. The second kappa shape index (κ2) is 9.65. The van der Waals surface area contributed by atoms with Crippen molar-refractivity contribution in [2.75, 3.05) is 31.6 Å². The van der Waals surface area contributed by atoms with Gasteiger partial charge >= 0.3 is 0 Å². The summed E-state index contributed by atoms with van der Waals surface area (Å²) in [5.74, 6) is 0.234. The van der Waals surface area contributed by atoms with E-state index in [0.717, 1.165) is 4.31 Å². The maximum absolute atomic E-state index is 13.5. The second-order valence-corrected chi connectivity index (χ2v) is 8.65. The summed E-state index contributed by atoms with van der Waals surface area (Å²) < 4.78 is 38.7. The van der Waals surface area contributed by atoms with E-state index in [1.54, 1.807) is 37.3 Å². The molecule has 1 aliphatic rings. The van der Waals surface area contributed by atoms with Crippen molar-refractivity contribution >= 4 is 27.3 Å². The van der Waals surface area contributed by atoms with Gasteiger partial charge in [0.1, 0.15) is 18.0 Å². The molecule has 31 heavy (non-hydrogen) atoms. The molecule has 0 saturated heterocycles. The fraction of sp³-hybridized carbons (Fsp3) is 0.273. The number of benzene rings is 2. The Morgan fingerprint density at radius 2 is 1.87 bits per heavy atom. The van der Waals surface area contributed by atoms with Gasteiger partial charge in [0.25, 0.3) is 10.0 Å². The first-order valence-electron chi connectivity index (χ1n) is 9.68. The van der Waals surface area contributed by atoms with Crippen molar-refractivity contribution in [2.45, 2.75) is 18.2 Å². The Morgan fingerprint density at radius 3 is 2.52 bits per heavy atom. The van der Waals surface area contributed by atoms with Gasteiger partial charge in [-0.15, -0.1) is 0 Å². The number of hydrogen-bond donors (Lipinski definition) is 1. The van der Waals surface area contributed by atoms with Crippen molar-refractivity contribution in [3.63, 3.8) is 0 Å². The number of allylic oxidation sites excluding steroid dienone is 1. The highest BCUT2D eigenvalue weighted by Crippen LogP contribution is 2.35. The summed E-state index contributed by atoms with van der Waals surface area (Å²) in [7, 11) is -1.16. The molecule has 0 unspecified atom stereocenters. The highest BCUT2D eigenvalue weighted by atomic mass is 32.2. The van der Waals surface area contributed by atoms with Crippen molar-refractivity contribution in [3.8, 4) is 11.5 Å². The number of anilines is 1. The number of nitrogens with one attached hydrogen (secondary N) is 1. The molecule has 1 aliphatic heterocycles. The summed E-state index contributed by atoms with van der Waals surface area (Å²) in [5, 5.41) is 2.77. The van der Waals surface area contributed by atoms with E-state index in [1.807, 2.05) is 6.08 Å². The SMILES string of the molecule is COc1ccc(OC)c(N(CC(=O)NC2=CCCN=C2C)S(=O)(=O)c2ccccc2)c1. The van der Waals surface area contributed by atoms with Gasteiger partial charge in [0.15, 0.2) is 0 Å². The largest absolute Gasteiger partial charge is 0.497 e. The minimum Gasteiger partial charge on any atom is -0.497 e. The maximum Gasteiger partial charge on any atom is 0.264 e. The summed E-state index contributed by atoms with van der Waals surface area (Å²) in [4.78, 5) is 17.3. The third-order valence-electron chi connectivity index (χ3n) is 4.76. The van der Waals surface area contributed by atoms with Crippen LogP contribution in [0.25, 0.3) is 0 Å². The van der Waals surface area contributed by atoms with Gasteiger partial charge in [0.2, 0.25) is 5.91 Å². The minimum absolute atomic E-state index is 0.0577. The molecule has 0 saturated carbocycles. The topological polar surface area (TPSA) is 97.3 Å². The number of amides is 1. The zero-order valence-electron chi connectivity index (χ0n) is 17.7. The summed E-state index contributed by atoms with van der Waals surface area (Å²) >= 11 is 0. The van der Waals surface area contributed by atoms with Crippen LogP contribution in [0.15, 0.2) is 70.2 Å². The zero-order chi connectivity index (χ0) is 22.4. The van der Waals surface area contributed by atoms with E-state index in [2.05, 4.69) is 10.3 Å². The molecule has 9 heteroatoms. The molecule has 1 amide bonds. The molecule has 0 aromatic heterocycles. The van der Waals surface area contributed by atoms with Crippen LogP contribution < -0.4 is 19.1 Å². The van der Waals surface area contributed by atoms with Gasteiger partial charge in [-0.25, -0.2) is 8.42 Å². The number of carbonyl (C=O) groups excluding carboxylic acids is 1. The fourth-order valence-corrected chi connectivity index (χ4v) is 4.59. The number of carbonyl (C=O) groups is 1. The first kappa shape index (κ1) is 22.4. The molecule has 3 rings (SSSR count). The van der Waals surface area contributed by atoms with Crippen LogP contribution in [-0.2, 0) is 14.8 Å². The van der Waals surface area contributed by atoms with Gasteiger partial charge in [0.05, 0.1) is 36.2 Å². The summed E-state index contributed by atoms with van der Waals surface area (Å²) in [5.41, 5.74) is 1.49. The smallest absolute Gasteiger partial charge is 0.264 e. The van der Waals surface area contributed by atoms with E-state index in [-0.39, 0.29) is 10.6 Å². The third-order valence-corrected chi connectivity index (χ3v) is 6.54. The van der Waals surface area contributed by atoms with Gasteiger partial charge in [-0.05, 0) is 37.6 Å². The Bertz CT molecular complexity index is 1110. The molecule has 2 aromatic carbocycles. The number of rotatable bonds is 8. The number of hydrogen-bond acceptors (Lipinski definition) is 6. The Kier molecular flexibility index (Phi) is 6.96. The molecule has 0 aliphatic carbocycles. The normalized spacial score (nSPS) is 13.6. The molecule has 0 atom stereocenters. The van der Waals surface area contributed by atoms with E-state index in [9.17, 15) is 13.2 Å². The molecular weight excluding hydrogens is 418 g/mol. The molecule has 0 radical (unpaired) electrons. The molecule has 1 N–H and O–H groups in total. The van der Waals surface area contributed by atoms with Crippen molar-refractivity contribution in [2.24, 2.45) is 4.99 Å². The van der Waals surface area contributed by atoms with Gasteiger partial charge in [-0.1, -0.05) is 24.3 Å². The van der Waals surface area contributed by atoms with Gasteiger partial charge < -0.3 is 14.8 Å². The summed E-state index contributed by atoms with van der Waals surface area (Å²) in [6.45, 7) is 2.01. The quantitative estimate of drug-likeness (QED) is 0.677. The van der Waals surface area contributed by atoms with Crippen LogP contribution in [0, 0.1) is 0 Å². The number of nitrogens with zero attached hydrogens (tertiary/aromatic N) is 2. The summed E-state index contributed by atoms with van der Waals surface area (Å²) in [6.07, 6.45) is 2.59. The average Bonchev–Trinajstić information content (AvgIpc) is 2.79. The highest BCUT2D eigenvalue weighted by Gasteiger charge is 2.30. The predicted molar refractivity (Wildman–Crippen MR) is 119 cm³/mol. The van der Waals surface area contributed by atoms with Gasteiger partial charge in [0, 0.05) is 12.6 Å². The zero-order valence-corrected chi connectivity index (χ0v) is 18.5. The number of ether oxygens (including phenoxy) is 2. The summed E-state index contributed by atoms with van der Waals surface area (Å²) in [6, 6.07) is 12.7. The van der Waals surface area contributed by atoms with Crippen molar-refractivity contribution in [1.29, 1.82) is 0 Å². The number of dihydropyridines is 1. The minimum atomic E-state index is -4.07. The number of methoxy groups -OCH3 is 2. The van der Waals surface area contributed by atoms with Crippen LogP contribution >= 0.6 is 0 Å². The van der Waals surface area contributed by atoms with E-state index >= 15 is 0 Å². The van der Waals surface area contributed by atoms with E-state index in [1.165, 1.54) is 32.4 Å². The lowest BCUT2D eigenvalue weighted by molar-refractivity contribution is -0.118. The molecule has 0 fully saturated rings. The van der Waals surface area contributed by atoms with E-state index in [0.29, 0.717) is 35.9 Å². The Morgan fingerprint density at radius 1 is 1.13 bits per heavy atom. The third kappa shape index (κ3) is 5.05. The monoisotopic (exact) mass is 443 g/mol. The Hall–Kier alpha value is -3.33. The first-order chi connectivity index (χ1) is 14.9. The molecule has 2 aromatic rings. The molecule has 0 bridgehead atoms. The van der Waals surface area contributed by atoms with E-state index in [4.69, 9.17) is 9.47 Å². The van der Waals surface area contributed by atoms with Crippen LogP contribution in [0.2, 0.25) is 0 Å². The number of aliphatic imine (C=N–C) groups is 1. The molecule has 1 heterocycles. The standard InChI is InChI=1S/C22H25N3O5S/c1-16-19(10-7-13-23-16)24-22(26)15-25(31(27,28)18-8-5-4-6-9-18)20-14-17(29-2)11-12-21(20)30-3/h4-6,8-12,14H,7,13,15H2,1-3H3,(H,24,26). The predicted octanol–water partition coefficient (Wildman–Crippen LogP) is 2.76. The first-order valence-corrected chi connectivity index (χ1v) is 11.1. The highest BCUT2D eigenvalue weighted by molar-refractivity contribution is 7.92. The lowest BCUT2D eigenvalue weighted by Crippen LogP contribution is -2.41. The van der Waals surface area contributed by atoms with Crippen LogP contribution in [0.5, 0.6) is 11.5 Å². The lowest BCUT2D eigenvalue weighted by Gasteiger charge is -2.26. The van der Waals surface area contributed by atoms with Crippen LogP contribution in [0.4, 0.5) is 5.69 Å². The lowest BCUT2D eigenvalue weighted by atomic mass is 10.2. The second-order valence-electron chi connectivity index (χ2n) is 6.78. The molecular formula is C22H25N3O5S. The van der Waals surface area contributed by atoms with Gasteiger partial charge in [-0.2, -0.15) is 0 Å². The number of sulfonamides is 1. The molecule has 0 spiro atoms. The Labute approximate surface area is 182 Å².